The molecule has 28 heavy (non-hydrogen) atoms. The predicted octanol–water partition coefficient (Wildman–Crippen LogP) is 5.41. The molecule has 6 heteroatoms. The Hall–Kier alpha value is -1.92. The summed E-state index contributed by atoms with van der Waals surface area (Å²) in [5, 5.41) is 2.16. The van der Waals surface area contributed by atoms with Crippen LogP contribution in [-0.2, 0) is 17.6 Å². The molecule has 2 heterocycles. The average Bonchev–Trinajstić information content (AvgIpc) is 3.05. The van der Waals surface area contributed by atoms with Gasteiger partial charge in [0.15, 0.2) is 0 Å². The van der Waals surface area contributed by atoms with E-state index in [0.717, 1.165) is 34.2 Å². The number of aryl methyl sites for hydroxylation is 3. The van der Waals surface area contributed by atoms with Crippen LogP contribution in [0.3, 0.4) is 0 Å². The Bertz CT molecular complexity index is 998. The second-order valence-corrected chi connectivity index (χ2v) is 9.50. The number of fused-ring (bicyclic) bond motifs is 3. The lowest BCUT2D eigenvalue weighted by atomic mass is 9.97. The van der Waals surface area contributed by atoms with Gasteiger partial charge in [0.1, 0.15) is 15.7 Å². The van der Waals surface area contributed by atoms with Crippen LogP contribution in [0.2, 0.25) is 0 Å². The number of hydrogen-bond acceptors (Lipinski definition) is 5. The number of anilines is 1. The van der Waals surface area contributed by atoms with Gasteiger partial charge >= 0.3 is 0 Å². The van der Waals surface area contributed by atoms with E-state index >= 15 is 0 Å². The minimum atomic E-state index is 0.108. The van der Waals surface area contributed by atoms with E-state index < -0.39 is 0 Å². The molecule has 4 rings (SSSR count). The lowest BCUT2D eigenvalue weighted by Gasteiger charge is -2.26. The smallest absolute Gasteiger partial charge is 0.237 e. The minimum absolute atomic E-state index is 0.108. The summed E-state index contributed by atoms with van der Waals surface area (Å²) < 4.78 is 0. The molecule has 3 aromatic rings. The Labute approximate surface area is 174 Å². The van der Waals surface area contributed by atoms with Gasteiger partial charge in [-0.05, 0) is 64.2 Å². The molecule has 4 nitrogen and oxygen atoms in total. The number of para-hydroxylation sites is 1. The fraction of sp³-hybridized carbons (Fsp3) is 0.409. The summed E-state index contributed by atoms with van der Waals surface area (Å²) in [5.74, 6) is 1.27. The highest BCUT2D eigenvalue weighted by molar-refractivity contribution is 8.00. The molecule has 0 unspecified atom stereocenters. The van der Waals surface area contributed by atoms with Crippen molar-refractivity contribution in [2.45, 2.75) is 57.5 Å². The van der Waals surface area contributed by atoms with Crippen molar-refractivity contribution in [2.24, 2.45) is 0 Å². The highest BCUT2D eigenvalue weighted by Gasteiger charge is 2.23. The van der Waals surface area contributed by atoms with Crippen LogP contribution < -0.4 is 4.90 Å². The number of aromatic nitrogens is 2. The predicted molar refractivity (Wildman–Crippen MR) is 119 cm³/mol. The summed E-state index contributed by atoms with van der Waals surface area (Å²) in [7, 11) is 0. The van der Waals surface area contributed by atoms with E-state index in [2.05, 4.69) is 18.8 Å². The third-order valence-electron chi connectivity index (χ3n) is 5.05. The highest BCUT2D eigenvalue weighted by atomic mass is 32.2. The lowest BCUT2D eigenvalue weighted by molar-refractivity contribution is -0.116. The monoisotopic (exact) mass is 411 g/mol. The van der Waals surface area contributed by atoms with Gasteiger partial charge in [0.05, 0.1) is 5.75 Å². The molecule has 0 bridgehead atoms. The first-order valence-corrected chi connectivity index (χ1v) is 11.6. The minimum Gasteiger partial charge on any atom is -0.309 e. The van der Waals surface area contributed by atoms with Crippen molar-refractivity contribution in [1.82, 2.24) is 9.97 Å². The molecule has 1 aliphatic rings. The van der Waals surface area contributed by atoms with Crippen LogP contribution in [0.25, 0.3) is 10.2 Å². The first-order valence-electron chi connectivity index (χ1n) is 9.83. The van der Waals surface area contributed by atoms with Gasteiger partial charge in [0.2, 0.25) is 5.91 Å². The molecule has 0 saturated heterocycles. The topological polar surface area (TPSA) is 46.1 Å². The number of amides is 1. The first kappa shape index (κ1) is 19.4. The summed E-state index contributed by atoms with van der Waals surface area (Å²) in [6.07, 6.45) is 4.73. The molecule has 2 aromatic heterocycles. The molecule has 1 aliphatic carbocycles. The number of carbonyl (C=O) groups excluding carboxylic acids is 1. The molecule has 0 atom stereocenters. The molecule has 146 valence electrons. The molecule has 0 fully saturated rings. The number of carbonyl (C=O) groups is 1. The Morgan fingerprint density at radius 2 is 1.93 bits per heavy atom. The molecule has 1 aromatic carbocycles. The fourth-order valence-corrected chi connectivity index (χ4v) is 6.18. The highest BCUT2D eigenvalue weighted by Crippen LogP contribution is 2.39. The Morgan fingerprint density at radius 3 is 2.68 bits per heavy atom. The van der Waals surface area contributed by atoms with E-state index in [9.17, 15) is 4.79 Å². The van der Waals surface area contributed by atoms with Crippen LogP contribution >= 0.6 is 23.1 Å². The third-order valence-corrected chi connectivity index (χ3v) is 7.19. The molecular weight excluding hydrogens is 386 g/mol. The van der Waals surface area contributed by atoms with Gasteiger partial charge in [-0.15, -0.1) is 11.3 Å². The van der Waals surface area contributed by atoms with Crippen LogP contribution in [-0.4, -0.2) is 27.7 Å². The second-order valence-electron chi connectivity index (χ2n) is 7.45. The van der Waals surface area contributed by atoms with Gasteiger partial charge in [0, 0.05) is 22.0 Å². The maximum Gasteiger partial charge on any atom is 0.237 e. The standard InChI is InChI=1S/C22H25N3OS2/c1-14(2)25(16-9-5-4-6-10-16)19(26)13-27-21-20-17-11-7-8-12-18(17)28-22(20)24-15(3)23-21/h4-6,9-10,14H,7-8,11-13H2,1-3H3. The molecule has 0 N–H and O–H groups in total. The SMILES string of the molecule is Cc1nc(SCC(=O)N(c2ccccc2)C(C)C)c2c3c(sc2n1)CCCC3. The van der Waals surface area contributed by atoms with Crippen LogP contribution in [0.1, 0.15) is 43.0 Å². The van der Waals surface area contributed by atoms with Crippen LogP contribution in [0.15, 0.2) is 35.4 Å². The number of rotatable bonds is 5. The summed E-state index contributed by atoms with van der Waals surface area (Å²) >= 11 is 3.36. The third kappa shape index (κ3) is 3.80. The van der Waals surface area contributed by atoms with Crippen molar-refractivity contribution in [3.8, 4) is 0 Å². The zero-order chi connectivity index (χ0) is 19.7. The van der Waals surface area contributed by atoms with Crippen molar-refractivity contribution in [2.75, 3.05) is 10.7 Å². The quantitative estimate of drug-likeness (QED) is 0.416. The van der Waals surface area contributed by atoms with Crippen molar-refractivity contribution in [3.63, 3.8) is 0 Å². The van der Waals surface area contributed by atoms with Crippen LogP contribution in [0.5, 0.6) is 0 Å². The number of thiophene rings is 1. The summed E-state index contributed by atoms with van der Waals surface area (Å²) in [5.41, 5.74) is 2.37. The molecule has 0 aliphatic heterocycles. The van der Waals surface area contributed by atoms with Crippen molar-refractivity contribution in [1.29, 1.82) is 0 Å². The zero-order valence-corrected chi connectivity index (χ0v) is 18.2. The first-order chi connectivity index (χ1) is 13.5. The summed E-state index contributed by atoms with van der Waals surface area (Å²) in [4.78, 5) is 26.9. The van der Waals surface area contributed by atoms with Gasteiger partial charge in [-0.3, -0.25) is 4.79 Å². The van der Waals surface area contributed by atoms with E-state index in [1.165, 1.54) is 28.7 Å². The zero-order valence-electron chi connectivity index (χ0n) is 16.6. The number of benzene rings is 1. The normalized spacial score (nSPS) is 13.7. The summed E-state index contributed by atoms with van der Waals surface area (Å²) in [6, 6.07) is 10.0. The Balaban J connectivity index is 1.61. The van der Waals surface area contributed by atoms with Crippen LogP contribution in [0.4, 0.5) is 5.69 Å². The van der Waals surface area contributed by atoms with Crippen molar-refractivity contribution < 1.29 is 4.79 Å². The van der Waals surface area contributed by atoms with E-state index in [-0.39, 0.29) is 11.9 Å². The molecule has 0 spiro atoms. The Kier molecular flexibility index (Phi) is 5.69. The fourth-order valence-electron chi connectivity index (χ4n) is 3.85. The van der Waals surface area contributed by atoms with Gasteiger partial charge in [-0.1, -0.05) is 30.0 Å². The molecule has 1 amide bonds. The number of thioether (sulfide) groups is 1. The van der Waals surface area contributed by atoms with Gasteiger partial charge in [0.25, 0.3) is 0 Å². The second kappa shape index (κ2) is 8.21. The number of nitrogens with zero attached hydrogens (tertiary/aromatic N) is 3. The maximum atomic E-state index is 13.1. The van der Waals surface area contributed by atoms with E-state index in [4.69, 9.17) is 4.98 Å². The molecular formula is C22H25N3OS2. The Morgan fingerprint density at radius 1 is 1.18 bits per heavy atom. The largest absolute Gasteiger partial charge is 0.309 e. The summed E-state index contributed by atoms with van der Waals surface area (Å²) in [6.45, 7) is 6.05. The molecule has 0 radical (unpaired) electrons. The van der Waals surface area contributed by atoms with Gasteiger partial charge < -0.3 is 4.90 Å². The van der Waals surface area contributed by atoms with Crippen LogP contribution in [0, 0.1) is 6.92 Å². The van der Waals surface area contributed by atoms with E-state index in [0.29, 0.717) is 5.75 Å². The van der Waals surface area contributed by atoms with Crippen molar-refractivity contribution >= 4 is 44.9 Å². The molecule has 0 saturated carbocycles. The van der Waals surface area contributed by atoms with Gasteiger partial charge in [-0.2, -0.15) is 0 Å². The average molecular weight is 412 g/mol. The lowest BCUT2D eigenvalue weighted by Crippen LogP contribution is -2.38. The van der Waals surface area contributed by atoms with E-state index in [1.807, 2.05) is 53.5 Å². The van der Waals surface area contributed by atoms with E-state index in [1.54, 1.807) is 11.8 Å². The number of hydrogen-bond donors (Lipinski definition) is 0. The van der Waals surface area contributed by atoms with Crippen molar-refractivity contribution in [3.05, 3.63) is 46.6 Å². The van der Waals surface area contributed by atoms with Gasteiger partial charge in [-0.25, -0.2) is 9.97 Å². The maximum absolute atomic E-state index is 13.1.